The van der Waals surface area contributed by atoms with Crippen LogP contribution in [0.5, 0.6) is 0 Å². The molecule has 0 aromatic heterocycles. The number of phosphoric ester groups is 1. The molecule has 0 fully saturated rings. The normalized spacial score (nSPS) is 14.4. The van der Waals surface area contributed by atoms with Crippen molar-refractivity contribution in [3.8, 4) is 0 Å². The first-order valence-electron chi connectivity index (χ1n) is 30.9. The number of carbonyl (C=O) groups excluding carboxylic acids is 1. The highest BCUT2D eigenvalue weighted by Gasteiger charge is 2.23. The first-order chi connectivity index (χ1) is 36.0. The smallest absolute Gasteiger partial charge is 0.268 e. The van der Waals surface area contributed by atoms with E-state index in [4.69, 9.17) is 9.05 Å². The first-order valence-corrected chi connectivity index (χ1v) is 32.4. The van der Waals surface area contributed by atoms with E-state index < -0.39 is 26.6 Å². The van der Waals surface area contributed by atoms with Crippen LogP contribution in [-0.4, -0.2) is 68.5 Å². The number of phosphoric acid groups is 1. The number of amides is 1. The number of quaternary nitrogens is 1. The zero-order chi connectivity index (χ0) is 54.2. The van der Waals surface area contributed by atoms with E-state index in [2.05, 4.69) is 92.1 Å². The lowest BCUT2D eigenvalue weighted by Gasteiger charge is -2.29. The molecule has 2 N–H and O–H groups in total. The Labute approximate surface area is 458 Å². The second kappa shape index (κ2) is 55.4. The van der Waals surface area contributed by atoms with Crippen LogP contribution >= 0.6 is 7.82 Å². The Morgan fingerprint density at radius 2 is 0.838 bits per heavy atom. The number of hydrogen-bond acceptors (Lipinski definition) is 6. The quantitative estimate of drug-likeness (QED) is 0.0272. The van der Waals surface area contributed by atoms with Gasteiger partial charge in [-0.15, -0.1) is 0 Å². The molecule has 0 aliphatic rings. The Hall–Kier alpha value is -2.32. The molecule has 0 heterocycles. The van der Waals surface area contributed by atoms with Crippen LogP contribution in [0.3, 0.4) is 0 Å². The van der Waals surface area contributed by atoms with Crippen molar-refractivity contribution in [3.63, 3.8) is 0 Å². The van der Waals surface area contributed by atoms with Gasteiger partial charge in [-0.3, -0.25) is 9.36 Å². The molecule has 0 aromatic rings. The number of nitrogens with one attached hydrogen (secondary N) is 1. The lowest BCUT2D eigenvalue weighted by Crippen LogP contribution is -2.45. The van der Waals surface area contributed by atoms with Crippen molar-refractivity contribution in [1.29, 1.82) is 0 Å². The minimum absolute atomic E-state index is 0.00730. The van der Waals surface area contributed by atoms with Gasteiger partial charge in [0.15, 0.2) is 0 Å². The summed E-state index contributed by atoms with van der Waals surface area (Å²) in [4.78, 5) is 25.5. The lowest BCUT2D eigenvalue weighted by atomic mass is 10.0. The Balaban J connectivity index is 4.00. The van der Waals surface area contributed by atoms with E-state index in [0.717, 1.165) is 70.6 Å². The average Bonchev–Trinajstić information content (AvgIpc) is 3.36. The highest BCUT2D eigenvalue weighted by molar-refractivity contribution is 7.45. The van der Waals surface area contributed by atoms with Gasteiger partial charge in [0, 0.05) is 6.42 Å². The maximum absolute atomic E-state index is 13.0. The Morgan fingerprint density at radius 3 is 1.26 bits per heavy atom. The van der Waals surface area contributed by atoms with Gasteiger partial charge in [0.1, 0.15) is 13.2 Å². The molecule has 0 aliphatic carbocycles. The second-order valence-electron chi connectivity index (χ2n) is 22.0. The molecule has 3 atom stereocenters. The van der Waals surface area contributed by atoms with Crippen LogP contribution in [0.25, 0.3) is 0 Å². The maximum atomic E-state index is 13.0. The van der Waals surface area contributed by atoms with Crippen LogP contribution in [0.1, 0.15) is 271 Å². The molecular formula is C65H119N2O6P. The van der Waals surface area contributed by atoms with Gasteiger partial charge in [-0.05, 0) is 77.0 Å². The lowest BCUT2D eigenvalue weighted by molar-refractivity contribution is -0.870. The summed E-state index contributed by atoms with van der Waals surface area (Å²) in [6, 6.07) is -0.905. The molecule has 9 heteroatoms. The van der Waals surface area contributed by atoms with Crippen molar-refractivity contribution >= 4 is 13.7 Å². The molecule has 0 spiro atoms. The van der Waals surface area contributed by atoms with Gasteiger partial charge < -0.3 is 28.8 Å². The molecule has 3 unspecified atom stereocenters. The van der Waals surface area contributed by atoms with Gasteiger partial charge >= 0.3 is 0 Å². The van der Waals surface area contributed by atoms with Crippen molar-refractivity contribution < 1.29 is 32.9 Å². The molecule has 8 nitrogen and oxygen atoms in total. The molecule has 0 bridgehead atoms. The third kappa shape index (κ3) is 57.4. The van der Waals surface area contributed by atoms with E-state index in [9.17, 15) is 19.4 Å². The van der Waals surface area contributed by atoms with Gasteiger partial charge in [0.05, 0.1) is 39.9 Å². The highest BCUT2D eigenvalue weighted by atomic mass is 31.2. The summed E-state index contributed by atoms with van der Waals surface area (Å²) in [6.45, 7) is 4.52. The maximum Gasteiger partial charge on any atom is 0.268 e. The van der Waals surface area contributed by atoms with E-state index in [1.54, 1.807) is 6.08 Å². The monoisotopic (exact) mass is 1050 g/mol. The van der Waals surface area contributed by atoms with Crippen molar-refractivity contribution in [2.24, 2.45) is 0 Å². The SMILES string of the molecule is CC/C=C\C/C=C\C/C=C\C/C=C\C/C=C\CCCCCCCCCCCCCCCCCCCCCCCC(=O)NC(COP(=O)([O-])OCC[N+](C)(C)C)C(O)/C=C/CC/C=C/CCCCCCCCCCC. The molecule has 74 heavy (non-hydrogen) atoms. The fourth-order valence-electron chi connectivity index (χ4n) is 8.79. The first kappa shape index (κ1) is 71.7. The highest BCUT2D eigenvalue weighted by Crippen LogP contribution is 2.38. The van der Waals surface area contributed by atoms with Gasteiger partial charge in [0.25, 0.3) is 7.82 Å². The third-order valence-electron chi connectivity index (χ3n) is 13.6. The van der Waals surface area contributed by atoms with Gasteiger partial charge in [0.2, 0.25) is 5.91 Å². The van der Waals surface area contributed by atoms with E-state index >= 15 is 0 Å². The Bertz CT molecular complexity index is 1480. The number of nitrogens with zero attached hydrogens (tertiary/aromatic N) is 1. The van der Waals surface area contributed by atoms with Crippen molar-refractivity contribution in [2.45, 2.75) is 283 Å². The second-order valence-corrected chi connectivity index (χ2v) is 23.4. The van der Waals surface area contributed by atoms with Crippen molar-refractivity contribution in [3.05, 3.63) is 85.1 Å². The average molecular weight is 1060 g/mol. The fourth-order valence-corrected chi connectivity index (χ4v) is 9.51. The number of likely N-dealkylation sites (N-methyl/N-ethyl adjacent to an activating group) is 1. The molecule has 1 amide bonds. The minimum Gasteiger partial charge on any atom is -0.756 e. The summed E-state index contributed by atoms with van der Waals surface area (Å²) in [5.74, 6) is -0.206. The zero-order valence-electron chi connectivity index (χ0n) is 49.0. The molecule has 0 saturated carbocycles. The zero-order valence-corrected chi connectivity index (χ0v) is 49.9. The standard InChI is InChI=1S/C65H119N2O6P/c1-6-8-10-12-14-16-18-20-22-23-24-25-26-27-28-29-30-31-32-33-34-35-36-37-38-39-40-41-42-43-45-47-49-51-53-55-57-59-65(69)66-63(62-73-74(70,71)72-61-60-67(3,4)5)64(68)58-56-54-52-50-48-46-44-21-19-17-15-13-11-9-7-2/h8,10,14,16,20,22,24-25,27-28,48,50,56,58,63-64,68H,6-7,9,11-13,15,17-19,21,23,26,29-47,49,51-55,57,59-62H2,1-5H3,(H-,66,69,70,71)/b10-8-,16-14-,22-20-,25-24-,28-27-,50-48+,58-56+. The van der Waals surface area contributed by atoms with Crippen LogP contribution in [-0.2, 0) is 18.4 Å². The largest absolute Gasteiger partial charge is 0.756 e. The number of allylic oxidation sites excluding steroid dienone is 13. The number of aliphatic hydroxyl groups is 1. The summed E-state index contributed by atoms with van der Waals surface area (Å²) < 4.78 is 23.3. The Kier molecular flexibility index (Phi) is 53.7. The molecule has 0 rings (SSSR count). The molecule has 0 aromatic carbocycles. The van der Waals surface area contributed by atoms with E-state index in [1.807, 2.05) is 27.2 Å². The number of aliphatic hydroxyl groups excluding tert-OH is 1. The molecule has 0 radical (unpaired) electrons. The van der Waals surface area contributed by atoms with Crippen LogP contribution < -0.4 is 10.2 Å². The molecule has 0 aliphatic heterocycles. The van der Waals surface area contributed by atoms with Crippen LogP contribution in [0, 0.1) is 0 Å². The summed E-state index contributed by atoms with van der Waals surface area (Å²) in [5.41, 5.74) is 0. The van der Waals surface area contributed by atoms with E-state index in [-0.39, 0.29) is 12.5 Å². The Morgan fingerprint density at radius 1 is 0.486 bits per heavy atom. The van der Waals surface area contributed by atoms with Crippen LogP contribution in [0.4, 0.5) is 0 Å². The predicted octanol–water partition coefficient (Wildman–Crippen LogP) is 18.6. The number of carbonyl (C=O) groups is 1. The number of rotatable bonds is 56. The number of unbranched alkanes of at least 4 members (excludes halogenated alkanes) is 31. The van der Waals surface area contributed by atoms with Crippen molar-refractivity contribution in [1.82, 2.24) is 5.32 Å². The van der Waals surface area contributed by atoms with E-state index in [0.29, 0.717) is 17.4 Å². The molecular weight excluding hydrogens is 936 g/mol. The summed E-state index contributed by atoms with van der Waals surface area (Å²) in [7, 11) is 1.25. The molecule has 430 valence electrons. The van der Waals surface area contributed by atoms with Crippen molar-refractivity contribution in [2.75, 3.05) is 40.9 Å². The summed E-state index contributed by atoms with van der Waals surface area (Å²) in [6.07, 6.45) is 78.3. The van der Waals surface area contributed by atoms with Gasteiger partial charge in [-0.2, -0.15) is 0 Å². The van der Waals surface area contributed by atoms with Gasteiger partial charge in [-0.25, -0.2) is 0 Å². The topological polar surface area (TPSA) is 108 Å². The van der Waals surface area contributed by atoms with Crippen LogP contribution in [0.15, 0.2) is 85.1 Å². The van der Waals surface area contributed by atoms with E-state index in [1.165, 1.54) is 180 Å². The summed E-state index contributed by atoms with van der Waals surface area (Å²) >= 11 is 0. The molecule has 0 saturated heterocycles. The fraction of sp³-hybridized carbons (Fsp3) is 0.769. The van der Waals surface area contributed by atoms with Gasteiger partial charge in [-0.1, -0.05) is 272 Å². The summed E-state index contributed by atoms with van der Waals surface area (Å²) in [5, 5.41) is 13.9. The van der Waals surface area contributed by atoms with Crippen LogP contribution in [0.2, 0.25) is 0 Å². The third-order valence-corrected chi connectivity index (χ3v) is 14.6. The predicted molar refractivity (Wildman–Crippen MR) is 320 cm³/mol. The number of hydrogen-bond donors (Lipinski definition) is 2. The minimum atomic E-state index is -4.61.